The van der Waals surface area contributed by atoms with E-state index < -0.39 is 11.5 Å². The van der Waals surface area contributed by atoms with E-state index in [4.69, 9.17) is 5.26 Å². The Morgan fingerprint density at radius 3 is 2.44 bits per heavy atom. The Labute approximate surface area is 107 Å². The maximum atomic E-state index is 12.1. The van der Waals surface area contributed by atoms with Crippen molar-refractivity contribution < 1.29 is 9.90 Å². The molecule has 0 aliphatic rings. The van der Waals surface area contributed by atoms with Crippen molar-refractivity contribution in [2.45, 2.75) is 25.4 Å². The number of nitrogens with zero attached hydrogens (tertiary/aromatic N) is 2. The second kappa shape index (κ2) is 5.65. The number of amides is 1. The Hall–Kier alpha value is -1.86. The van der Waals surface area contributed by atoms with Gasteiger partial charge in [0.25, 0.3) is 0 Å². The zero-order chi connectivity index (χ0) is 13.8. The van der Waals surface area contributed by atoms with E-state index in [1.165, 1.54) is 4.90 Å². The third-order valence-electron chi connectivity index (χ3n) is 2.51. The summed E-state index contributed by atoms with van der Waals surface area (Å²) in [6, 6.07) is 10.9. The molecule has 1 aromatic carbocycles. The summed E-state index contributed by atoms with van der Waals surface area (Å²) in [5, 5.41) is 18.8. The van der Waals surface area contributed by atoms with Crippen molar-refractivity contribution in [3.63, 3.8) is 0 Å². The van der Waals surface area contributed by atoms with Crippen LogP contribution in [0.2, 0.25) is 0 Å². The Balaban J connectivity index is 2.85. The average Bonchev–Trinajstić information content (AvgIpc) is 2.29. The molecule has 0 aromatic heterocycles. The zero-order valence-corrected chi connectivity index (χ0v) is 10.9. The molecule has 1 N–H and O–H groups in total. The molecular formula is C14H18N2O2. The van der Waals surface area contributed by atoms with Crippen molar-refractivity contribution in [2.24, 2.45) is 0 Å². The number of carbonyl (C=O) groups excluding carboxylic acids is 1. The molecule has 4 heteroatoms. The fourth-order valence-corrected chi connectivity index (χ4v) is 1.80. The molecule has 0 radical (unpaired) electrons. The minimum absolute atomic E-state index is 0.191. The zero-order valence-electron chi connectivity index (χ0n) is 10.9. The summed E-state index contributed by atoms with van der Waals surface area (Å²) in [4.78, 5) is 13.5. The topological polar surface area (TPSA) is 64.3 Å². The lowest BCUT2D eigenvalue weighted by Crippen LogP contribution is -2.41. The Kier molecular flexibility index (Phi) is 4.46. The predicted octanol–water partition coefficient (Wildman–Crippen LogP) is 1.52. The lowest BCUT2D eigenvalue weighted by atomic mass is 9.98. The maximum absolute atomic E-state index is 12.1. The lowest BCUT2D eigenvalue weighted by molar-refractivity contribution is -0.132. The Morgan fingerprint density at radius 2 is 2.00 bits per heavy atom. The van der Waals surface area contributed by atoms with Crippen LogP contribution in [0.15, 0.2) is 30.3 Å². The molecule has 1 unspecified atom stereocenters. The van der Waals surface area contributed by atoms with Crippen LogP contribution in [0.25, 0.3) is 0 Å². The van der Waals surface area contributed by atoms with Crippen LogP contribution in [0.4, 0.5) is 0 Å². The summed E-state index contributed by atoms with van der Waals surface area (Å²) in [7, 11) is 1.59. The monoisotopic (exact) mass is 246 g/mol. The summed E-state index contributed by atoms with van der Waals surface area (Å²) in [5.41, 5.74) is -0.297. The molecule has 0 aliphatic carbocycles. The van der Waals surface area contributed by atoms with Crippen molar-refractivity contribution in [1.29, 1.82) is 5.26 Å². The van der Waals surface area contributed by atoms with Crippen molar-refractivity contribution in [1.82, 2.24) is 4.90 Å². The molecule has 0 heterocycles. The molecule has 0 aliphatic heterocycles. The SMILES string of the molecule is CN(CC(C)(C)O)C(=O)C(C#N)c1ccccc1. The van der Waals surface area contributed by atoms with Gasteiger partial charge in [-0.25, -0.2) is 0 Å². The van der Waals surface area contributed by atoms with Crippen molar-refractivity contribution in [2.75, 3.05) is 13.6 Å². The van der Waals surface area contributed by atoms with Crippen LogP contribution < -0.4 is 0 Å². The van der Waals surface area contributed by atoms with Crippen LogP contribution in [0.5, 0.6) is 0 Å². The second-order valence-electron chi connectivity index (χ2n) is 4.98. The fourth-order valence-electron chi connectivity index (χ4n) is 1.80. The van der Waals surface area contributed by atoms with Gasteiger partial charge in [-0.1, -0.05) is 30.3 Å². The van der Waals surface area contributed by atoms with Gasteiger partial charge >= 0.3 is 0 Å². The summed E-state index contributed by atoms with van der Waals surface area (Å²) < 4.78 is 0. The maximum Gasteiger partial charge on any atom is 0.244 e. The van der Waals surface area contributed by atoms with E-state index in [-0.39, 0.29) is 12.5 Å². The van der Waals surface area contributed by atoms with E-state index in [9.17, 15) is 9.90 Å². The quantitative estimate of drug-likeness (QED) is 0.876. The van der Waals surface area contributed by atoms with E-state index in [1.54, 1.807) is 45.2 Å². The number of aliphatic hydroxyl groups is 1. The van der Waals surface area contributed by atoms with Gasteiger partial charge in [0.1, 0.15) is 5.92 Å². The Morgan fingerprint density at radius 1 is 1.44 bits per heavy atom. The molecule has 0 bridgehead atoms. The largest absolute Gasteiger partial charge is 0.389 e. The van der Waals surface area contributed by atoms with Gasteiger partial charge in [0.15, 0.2) is 0 Å². The molecule has 1 rings (SSSR count). The summed E-state index contributed by atoms with van der Waals surface area (Å²) in [5.74, 6) is -1.12. The van der Waals surface area contributed by atoms with E-state index in [2.05, 4.69) is 0 Å². The number of benzene rings is 1. The number of rotatable bonds is 4. The molecule has 96 valence electrons. The average molecular weight is 246 g/mol. The molecule has 1 amide bonds. The van der Waals surface area contributed by atoms with Crippen LogP contribution in [-0.2, 0) is 4.79 Å². The van der Waals surface area contributed by atoms with Crippen molar-refractivity contribution >= 4 is 5.91 Å². The Bertz CT molecular complexity index is 443. The smallest absolute Gasteiger partial charge is 0.244 e. The third kappa shape index (κ3) is 3.86. The standard InChI is InChI=1S/C14H18N2O2/c1-14(2,18)10-16(3)13(17)12(9-15)11-7-5-4-6-8-11/h4-8,12,18H,10H2,1-3H3. The summed E-state index contributed by atoms with van der Waals surface area (Å²) in [6.07, 6.45) is 0. The molecule has 0 saturated heterocycles. The number of hydrogen-bond donors (Lipinski definition) is 1. The van der Waals surface area contributed by atoms with Gasteiger partial charge in [-0.05, 0) is 19.4 Å². The first-order chi connectivity index (χ1) is 8.35. The van der Waals surface area contributed by atoms with E-state index >= 15 is 0 Å². The minimum atomic E-state index is -0.971. The highest BCUT2D eigenvalue weighted by molar-refractivity contribution is 5.86. The molecule has 0 fully saturated rings. The lowest BCUT2D eigenvalue weighted by Gasteiger charge is -2.27. The molecule has 1 aromatic rings. The normalized spacial score (nSPS) is 12.6. The summed E-state index contributed by atoms with van der Waals surface area (Å²) >= 11 is 0. The first kappa shape index (κ1) is 14.2. The second-order valence-corrected chi connectivity index (χ2v) is 4.98. The number of nitriles is 1. The number of hydrogen-bond acceptors (Lipinski definition) is 3. The highest BCUT2D eigenvalue weighted by Crippen LogP contribution is 2.18. The van der Waals surface area contributed by atoms with Gasteiger partial charge < -0.3 is 10.0 Å². The molecule has 1 atom stereocenters. The first-order valence-corrected chi connectivity index (χ1v) is 5.77. The first-order valence-electron chi connectivity index (χ1n) is 5.77. The van der Waals surface area contributed by atoms with Crippen LogP contribution in [0.3, 0.4) is 0 Å². The van der Waals surface area contributed by atoms with E-state index in [0.717, 1.165) is 0 Å². The van der Waals surface area contributed by atoms with Crippen LogP contribution in [0, 0.1) is 11.3 Å². The number of likely N-dealkylation sites (N-methyl/N-ethyl adjacent to an activating group) is 1. The number of carbonyl (C=O) groups is 1. The van der Waals surface area contributed by atoms with Crippen LogP contribution in [-0.4, -0.2) is 35.1 Å². The molecular weight excluding hydrogens is 228 g/mol. The van der Waals surface area contributed by atoms with Gasteiger partial charge in [-0.3, -0.25) is 4.79 Å². The fraction of sp³-hybridized carbons (Fsp3) is 0.429. The highest BCUT2D eigenvalue weighted by atomic mass is 16.3. The third-order valence-corrected chi connectivity index (χ3v) is 2.51. The predicted molar refractivity (Wildman–Crippen MR) is 68.7 cm³/mol. The molecule has 0 spiro atoms. The van der Waals surface area contributed by atoms with Gasteiger partial charge in [0.05, 0.1) is 11.7 Å². The van der Waals surface area contributed by atoms with E-state index in [0.29, 0.717) is 5.56 Å². The molecule has 4 nitrogen and oxygen atoms in total. The van der Waals surface area contributed by atoms with Crippen molar-refractivity contribution in [3.8, 4) is 6.07 Å². The van der Waals surface area contributed by atoms with Crippen LogP contribution >= 0.6 is 0 Å². The van der Waals surface area contributed by atoms with Crippen molar-refractivity contribution in [3.05, 3.63) is 35.9 Å². The molecule has 18 heavy (non-hydrogen) atoms. The van der Waals surface area contributed by atoms with Gasteiger partial charge in [-0.15, -0.1) is 0 Å². The van der Waals surface area contributed by atoms with Gasteiger partial charge in [0, 0.05) is 13.6 Å². The minimum Gasteiger partial charge on any atom is -0.389 e. The summed E-state index contributed by atoms with van der Waals surface area (Å²) in [6.45, 7) is 3.44. The van der Waals surface area contributed by atoms with Crippen LogP contribution in [0.1, 0.15) is 25.3 Å². The van der Waals surface area contributed by atoms with Gasteiger partial charge in [-0.2, -0.15) is 5.26 Å². The highest BCUT2D eigenvalue weighted by Gasteiger charge is 2.26. The van der Waals surface area contributed by atoms with E-state index in [1.807, 2.05) is 12.1 Å². The van der Waals surface area contributed by atoms with Gasteiger partial charge in [0.2, 0.25) is 5.91 Å². The molecule has 0 saturated carbocycles.